The molecule has 158 valence electrons. The predicted octanol–water partition coefficient (Wildman–Crippen LogP) is 4.30. The minimum absolute atomic E-state index is 0.263. The standard InChI is InChI=1S/C25H27N5O/c1-18-11-20(16-30(18)25(31)10-7-19-5-3-2-4-6-19)15-29-17-26-23-12-21(8-9-24(23)29)22-13-27-28-14-22/h2-6,8-9,12-14,17-18,20H,7,10-11,15-16H2,1H3,(H,27,28)/t18-,20?/m1/s1. The number of hydrogen-bond acceptors (Lipinski definition) is 3. The Balaban J connectivity index is 1.23. The number of carbonyl (C=O) groups excluding carboxylic acids is 1. The molecule has 0 saturated carbocycles. The molecular formula is C25H27N5O. The number of nitrogens with one attached hydrogen (secondary N) is 1. The zero-order valence-corrected chi connectivity index (χ0v) is 17.7. The van der Waals surface area contributed by atoms with Crippen molar-refractivity contribution in [2.45, 2.75) is 38.8 Å². The van der Waals surface area contributed by atoms with E-state index < -0.39 is 0 Å². The van der Waals surface area contributed by atoms with Gasteiger partial charge in [-0.25, -0.2) is 4.98 Å². The van der Waals surface area contributed by atoms with Gasteiger partial charge in [-0.05, 0) is 48.9 Å². The Morgan fingerprint density at radius 3 is 2.84 bits per heavy atom. The molecule has 2 aromatic heterocycles. The van der Waals surface area contributed by atoms with Crippen molar-refractivity contribution < 1.29 is 4.79 Å². The topological polar surface area (TPSA) is 66.8 Å². The van der Waals surface area contributed by atoms with Gasteiger partial charge in [0.25, 0.3) is 0 Å². The van der Waals surface area contributed by atoms with Gasteiger partial charge in [0.05, 0.1) is 23.6 Å². The molecule has 31 heavy (non-hydrogen) atoms. The fraction of sp³-hybridized carbons (Fsp3) is 0.320. The zero-order chi connectivity index (χ0) is 21.2. The molecule has 0 radical (unpaired) electrons. The van der Waals surface area contributed by atoms with Gasteiger partial charge in [0.2, 0.25) is 5.91 Å². The number of aromatic amines is 1. The summed E-state index contributed by atoms with van der Waals surface area (Å²) in [6, 6.07) is 16.9. The smallest absolute Gasteiger partial charge is 0.223 e. The van der Waals surface area contributed by atoms with Crippen LogP contribution in [0.15, 0.2) is 67.3 Å². The number of imidazole rings is 1. The van der Waals surface area contributed by atoms with Gasteiger partial charge in [0, 0.05) is 37.3 Å². The third kappa shape index (κ3) is 4.10. The quantitative estimate of drug-likeness (QED) is 0.513. The van der Waals surface area contributed by atoms with Crippen LogP contribution >= 0.6 is 0 Å². The molecule has 1 aliphatic rings. The molecule has 1 amide bonds. The number of carbonyl (C=O) groups is 1. The molecule has 6 heteroatoms. The van der Waals surface area contributed by atoms with E-state index in [4.69, 9.17) is 0 Å². The van der Waals surface area contributed by atoms with Crippen molar-refractivity contribution in [3.63, 3.8) is 0 Å². The Kier molecular flexibility index (Phi) is 5.28. The van der Waals surface area contributed by atoms with Crippen molar-refractivity contribution in [3.05, 3.63) is 72.8 Å². The third-order valence-corrected chi connectivity index (χ3v) is 6.36. The number of fused-ring (bicyclic) bond motifs is 1. The first-order valence-corrected chi connectivity index (χ1v) is 10.9. The largest absolute Gasteiger partial charge is 0.340 e. The van der Waals surface area contributed by atoms with Crippen LogP contribution in [-0.4, -0.2) is 43.1 Å². The first-order valence-electron chi connectivity index (χ1n) is 10.9. The number of H-pyrrole nitrogens is 1. The van der Waals surface area contributed by atoms with E-state index >= 15 is 0 Å². The number of aromatic nitrogens is 4. The van der Waals surface area contributed by atoms with Crippen molar-refractivity contribution in [1.29, 1.82) is 0 Å². The molecule has 1 fully saturated rings. The summed E-state index contributed by atoms with van der Waals surface area (Å²) in [5.74, 6) is 0.709. The maximum Gasteiger partial charge on any atom is 0.223 e. The summed E-state index contributed by atoms with van der Waals surface area (Å²) in [6.07, 6.45) is 8.05. The lowest BCUT2D eigenvalue weighted by atomic mass is 10.1. The van der Waals surface area contributed by atoms with Crippen LogP contribution in [-0.2, 0) is 17.8 Å². The van der Waals surface area contributed by atoms with Gasteiger partial charge >= 0.3 is 0 Å². The second-order valence-corrected chi connectivity index (χ2v) is 8.57. The summed E-state index contributed by atoms with van der Waals surface area (Å²) in [4.78, 5) is 19.5. The van der Waals surface area contributed by atoms with Crippen LogP contribution in [0.25, 0.3) is 22.2 Å². The van der Waals surface area contributed by atoms with Crippen molar-refractivity contribution in [3.8, 4) is 11.1 Å². The van der Waals surface area contributed by atoms with Crippen LogP contribution in [0.3, 0.4) is 0 Å². The van der Waals surface area contributed by atoms with Crippen molar-refractivity contribution >= 4 is 16.9 Å². The zero-order valence-electron chi connectivity index (χ0n) is 17.7. The van der Waals surface area contributed by atoms with E-state index in [-0.39, 0.29) is 11.9 Å². The third-order valence-electron chi connectivity index (χ3n) is 6.36. The second kappa shape index (κ2) is 8.38. The maximum absolute atomic E-state index is 12.8. The average molecular weight is 414 g/mol. The maximum atomic E-state index is 12.8. The van der Waals surface area contributed by atoms with Gasteiger partial charge in [0.1, 0.15) is 0 Å². The molecule has 2 atom stereocenters. The van der Waals surface area contributed by atoms with Gasteiger partial charge in [-0.15, -0.1) is 0 Å². The first kappa shape index (κ1) is 19.5. The molecular weight excluding hydrogens is 386 g/mol. The summed E-state index contributed by atoms with van der Waals surface area (Å²) in [5, 5.41) is 6.89. The Morgan fingerprint density at radius 1 is 1.16 bits per heavy atom. The van der Waals surface area contributed by atoms with E-state index in [1.54, 1.807) is 0 Å². The van der Waals surface area contributed by atoms with Crippen molar-refractivity contribution in [1.82, 2.24) is 24.6 Å². The van der Waals surface area contributed by atoms with Gasteiger partial charge in [-0.2, -0.15) is 5.10 Å². The summed E-state index contributed by atoms with van der Waals surface area (Å²) >= 11 is 0. The minimum Gasteiger partial charge on any atom is -0.340 e. The van der Waals surface area contributed by atoms with E-state index in [0.717, 1.165) is 48.1 Å². The van der Waals surface area contributed by atoms with Gasteiger partial charge in [-0.3, -0.25) is 9.89 Å². The van der Waals surface area contributed by atoms with E-state index in [1.807, 2.05) is 36.9 Å². The summed E-state index contributed by atoms with van der Waals surface area (Å²) < 4.78 is 2.23. The summed E-state index contributed by atoms with van der Waals surface area (Å²) in [7, 11) is 0. The molecule has 0 aliphatic carbocycles. The van der Waals surface area contributed by atoms with Crippen LogP contribution in [0.4, 0.5) is 0 Å². The van der Waals surface area contributed by atoms with E-state index in [0.29, 0.717) is 12.3 Å². The van der Waals surface area contributed by atoms with Crippen LogP contribution in [0, 0.1) is 5.92 Å². The Morgan fingerprint density at radius 2 is 2.03 bits per heavy atom. The Hall–Kier alpha value is -3.41. The van der Waals surface area contributed by atoms with E-state index in [1.165, 1.54) is 5.56 Å². The highest BCUT2D eigenvalue weighted by molar-refractivity contribution is 5.82. The lowest BCUT2D eigenvalue weighted by molar-refractivity contribution is -0.131. The molecule has 6 nitrogen and oxygen atoms in total. The predicted molar refractivity (Wildman–Crippen MR) is 121 cm³/mol. The molecule has 4 aromatic rings. The Bertz CT molecular complexity index is 1170. The highest BCUT2D eigenvalue weighted by Gasteiger charge is 2.32. The highest BCUT2D eigenvalue weighted by atomic mass is 16.2. The first-order chi connectivity index (χ1) is 15.2. The number of amides is 1. The summed E-state index contributed by atoms with van der Waals surface area (Å²) in [6.45, 7) is 3.87. The van der Waals surface area contributed by atoms with Crippen LogP contribution in [0.5, 0.6) is 0 Å². The normalized spacial score (nSPS) is 18.7. The molecule has 2 aromatic carbocycles. The number of likely N-dealkylation sites (tertiary alicyclic amines) is 1. The van der Waals surface area contributed by atoms with Crippen molar-refractivity contribution in [2.24, 2.45) is 5.92 Å². The van der Waals surface area contributed by atoms with Crippen LogP contribution in [0.2, 0.25) is 0 Å². The van der Waals surface area contributed by atoms with Gasteiger partial charge in [-0.1, -0.05) is 36.4 Å². The average Bonchev–Trinajstić information content (AvgIpc) is 3.53. The molecule has 1 saturated heterocycles. The molecule has 1 aliphatic heterocycles. The van der Waals surface area contributed by atoms with Gasteiger partial charge in [0.15, 0.2) is 0 Å². The number of hydrogen-bond donors (Lipinski definition) is 1. The van der Waals surface area contributed by atoms with Gasteiger partial charge < -0.3 is 9.47 Å². The Labute approximate surface area is 181 Å². The summed E-state index contributed by atoms with van der Waals surface area (Å²) in [5.41, 5.74) is 5.51. The SMILES string of the molecule is C[C@@H]1CC(Cn2cnc3cc(-c4cn[nH]c4)ccc32)CN1C(=O)CCc1ccccc1. The number of aryl methyl sites for hydroxylation is 1. The van der Waals surface area contributed by atoms with Crippen molar-refractivity contribution in [2.75, 3.05) is 6.54 Å². The molecule has 3 heterocycles. The molecule has 1 N–H and O–H groups in total. The number of rotatable bonds is 6. The van der Waals surface area contributed by atoms with Crippen LogP contribution in [0.1, 0.15) is 25.3 Å². The highest BCUT2D eigenvalue weighted by Crippen LogP contribution is 2.28. The number of benzene rings is 2. The molecule has 0 bridgehead atoms. The molecule has 0 spiro atoms. The molecule has 5 rings (SSSR count). The second-order valence-electron chi connectivity index (χ2n) is 8.57. The lowest BCUT2D eigenvalue weighted by Crippen LogP contribution is -2.34. The van der Waals surface area contributed by atoms with Crippen LogP contribution < -0.4 is 0 Å². The fourth-order valence-electron chi connectivity index (χ4n) is 4.74. The monoisotopic (exact) mass is 413 g/mol. The minimum atomic E-state index is 0.263. The van der Waals surface area contributed by atoms with E-state index in [9.17, 15) is 4.79 Å². The lowest BCUT2D eigenvalue weighted by Gasteiger charge is -2.21. The number of nitrogens with zero attached hydrogens (tertiary/aromatic N) is 4. The fourth-order valence-corrected chi connectivity index (χ4v) is 4.74. The van der Waals surface area contributed by atoms with E-state index in [2.05, 4.69) is 61.9 Å². The molecule has 1 unspecified atom stereocenters.